The van der Waals surface area contributed by atoms with Gasteiger partial charge in [-0.15, -0.1) is 0 Å². The first-order valence-electron chi connectivity index (χ1n) is 21.9. The molecular formula is C47H64N4O12. The number of amides is 1. The lowest BCUT2D eigenvalue weighted by molar-refractivity contribution is -0.160. The molecule has 16 heteroatoms. The number of allylic oxidation sites excluding steroid dienone is 2. The zero-order chi connectivity index (χ0) is 46.1. The number of esters is 1. The molecule has 4 heterocycles. The number of hydrogen-bond donors (Lipinski definition) is 6. The van der Waals surface area contributed by atoms with Gasteiger partial charge in [0.25, 0.3) is 11.7 Å². The Morgan fingerprint density at radius 1 is 0.921 bits per heavy atom. The van der Waals surface area contributed by atoms with Crippen molar-refractivity contribution in [1.82, 2.24) is 9.91 Å². The van der Waals surface area contributed by atoms with E-state index in [1.807, 2.05) is 5.01 Å². The average molecular weight is 877 g/mol. The quantitative estimate of drug-likeness (QED) is 0.0926. The van der Waals surface area contributed by atoms with E-state index in [1.54, 1.807) is 39.8 Å². The highest BCUT2D eigenvalue weighted by Gasteiger charge is 2.50. The predicted octanol–water partition coefficient (Wildman–Crippen LogP) is 5.65. The Kier molecular flexibility index (Phi) is 14.5. The van der Waals surface area contributed by atoms with Gasteiger partial charge in [0.05, 0.1) is 53.0 Å². The minimum atomic E-state index is -2.04. The number of hydrazone groups is 1. The molecule has 6 N–H and O–H groups in total. The van der Waals surface area contributed by atoms with Gasteiger partial charge in [-0.2, -0.15) is 5.10 Å². The van der Waals surface area contributed by atoms with Crippen LogP contribution in [0, 0.1) is 30.6 Å². The fourth-order valence-corrected chi connectivity index (χ4v) is 9.47. The van der Waals surface area contributed by atoms with Crippen molar-refractivity contribution in [1.29, 1.82) is 0 Å². The molecule has 2 aromatic rings. The fraction of sp³-hybridized carbons (Fsp3) is 0.574. The first kappa shape index (κ1) is 47.3. The number of phenols is 3. The number of nitrogens with one attached hydrogen (secondary N) is 1. The monoisotopic (exact) mass is 876 g/mol. The Morgan fingerprint density at radius 3 is 2.22 bits per heavy atom. The SMILES string of the molecule is CO[C@H]1/C=C\O[C@@]2(C)Oc3c(C)c(O)c4c(O)c(c(C=NN5CCN(C6CCCC6)CC5)c(O)c4c3C2=O)NC(=O)C(C)=CC=C[C@H](C)[C@H](O)[C@@H](C)[C@@H](O)[C@@H](C)[C@H](OC(C)=O)[C@H]1C. The number of aromatic hydroxyl groups is 3. The molecule has 344 valence electrons. The van der Waals surface area contributed by atoms with Gasteiger partial charge in [-0.1, -0.05) is 58.8 Å². The molecule has 0 spiro atoms. The molecular weight excluding hydrogens is 813 g/mol. The van der Waals surface area contributed by atoms with Gasteiger partial charge in [-0.05, 0) is 32.8 Å². The number of piperazine rings is 1. The highest BCUT2D eigenvalue weighted by molar-refractivity contribution is 6.23. The third-order valence-corrected chi connectivity index (χ3v) is 13.5. The molecule has 5 bridgehead atoms. The van der Waals surface area contributed by atoms with Crippen molar-refractivity contribution in [2.75, 3.05) is 38.6 Å². The molecule has 1 amide bonds. The Hall–Kier alpha value is -5.16. The molecule has 0 aromatic heterocycles. The number of rotatable bonds is 5. The molecule has 2 fully saturated rings. The van der Waals surface area contributed by atoms with E-state index in [9.17, 15) is 39.9 Å². The number of phenolic OH excluding ortho intramolecular Hbond substituents is 3. The number of methoxy groups -OCH3 is 1. The van der Waals surface area contributed by atoms with Crippen LogP contribution in [0.5, 0.6) is 23.0 Å². The van der Waals surface area contributed by atoms with Crippen molar-refractivity contribution in [3.63, 3.8) is 0 Å². The normalized spacial score (nSPS) is 31.0. The van der Waals surface area contributed by atoms with E-state index < -0.39 is 88.8 Å². The summed E-state index contributed by atoms with van der Waals surface area (Å²) in [5.41, 5.74) is -0.293. The minimum Gasteiger partial charge on any atom is -0.507 e. The molecule has 63 heavy (non-hydrogen) atoms. The smallest absolute Gasteiger partial charge is 0.312 e. The molecule has 4 aliphatic heterocycles. The molecule has 5 aliphatic rings. The molecule has 0 radical (unpaired) electrons. The van der Waals surface area contributed by atoms with Gasteiger partial charge >= 0.3 is 11.8 Å². The van der Waals surface area contributed by atoms with Crippen LogP contribution in [0.1, 0.15) is 95.6 Å². The van der Waals surface area contributed by atoms with Crippen molar-refractivity contribution in [2.45, 2.75) is 117 Å². The van der Waals surface area contributed by atoms with Crippen molar-refractivity contribution in [2.24, 2.45) is 28.8 Å². The van der Waals surface area contributed by atoms with Crippen LogP contribution < -0.4 is 10.1 Å². The van der Waals surface area contributed by atoms with Crippen LogP contribution in [0.4, 0.5) is 5.69 Å². The van der Waals surface area contributed by atoms with Crippen molar-refractivity contribution in [3.05, 3.63) is 52.8 Å². The summed E-state index contributed by atoms with van der Waals surface area (Å²) in [6.45, 7) is 15.4. The Balaban J connectivity index is 1.47. The average Bonchev–Trinajstić information content (AvgIpc) is 3.89. The number of ketones is 1. The summed E-state index contributed by atoms with van der Waals surface area (Å²) in [5, 5.41) is 67.6. The van der Waals surface area contributed by atoms with Gasteiger partial charge in [-0.25, -0.2) is 0 Å². The van der Waals surface area contributed by atoms with Crippen LogP contribution in [0.15, 0.2) is 41.2 Å². The third kappa shape index (κ3) is 9.40. The van der Waals surface area contributed by atoms with Crippen molar-refractivity contribution in [3.8, 4) is 23.0 Å². The highest BCUT2D eigenvalue weighted by Crippen LogP contribution is 2.55. The highest BCUT2D eigenvalue weighted by atomic mass is 16.7. The van der Waals surface area contributed by atoms with E-state index in [-0.39, 0.29) is 44.5 Å². The lowest BCUT2D eigenvalue weighted by Crippen LogP contribution is -2.47. The molecule has 1 saturated heterocycles. The maximum absolute atomic E-state index is 14.5. The zero-order valence-electron chi connectivity index (χ0n) is 37.8. The Labute approximate surface area is 368 Å². The zero-order valence-corrected chi connectivity index (χ0v) is 37.8. The van der Waals surface area contributed by atoms with E-state index in [0.29, 0.717) is 19.1 Å². The second-order valence-electron chi connectivity index (χ2n) is 17.8. The van der Waals surface area contributed by atoms with Crippen LogP contribution in [0.2, 0.25) is 0 Å². The van der Waals surface area contributed by atoms with Crippen LogP contribution >= 0.6 is 0 Å². The van der Waals surface area contributed by atoms with Gasteiger partial charge in [-0.3, -0.25) is 24.3 Å². The van der Waals surface area contributed by atoms with Crippen molar-refractivity contribution >= 4 is 40.3 Å². The Morgan fingerprint density at radius 2 is 1.59 bits per heavy atom. The number of ether oxygens (including phenoxy) is 4. The number of aliphatic hydroxyl groups is 2. The second-order valence-corrected chi connectivity index (χ2v) is 17.8. The summed E-state index contributed by atoms with van der Waals surface area (Å²) >= 11 is 0. The molecule has 1 saturated carbocycles. The number of benzene rings is 2. The molecule has 1 aliphatic carbocycles. The summed E-state index contributed by atoms with van der Waals surface area (Å²) in [4.78, 5) is 43.2. The van der Waals surface area contributed by atoms with Gasteiger partial charge in [0.15, 0.2) is 5.75 Å². The number of nitrogens with zero attached hydrogens (tertiary/aromatic N) is 3. The molecule has 0 unspecified atom stereocenters. The summed E-state index contributed by atoms with van der Waals surface area (Å²) in [7, 11) is 1.44. The lowest BCUT2D eigenvalue weighted by Gasteiger charge is -2.38. The van der Waals surface area contributed by atoms with Crippen LogP contribution in [-0.4, -0.2) is 129 Å². The summed E-state index contributed by atoms with van der Waals surface area (Å²) in [6, 6.07) is 0.553. The topological polar surface area (TPSA) is 220 Å². The largest absolute Gasteiger partial charge is 0.507 e. The number of anilines is 1. The van der Waals surface area contributed by atoms with Crippen molar-refractivity contribution < 1.29 is 58.9 Å². The van der Waals surface area contributed by atoms with Gasteiger partial charge in [0.1, 0.15) is 23.4 Å². The maximum Gasteiger partial charge on any atom is 0.312 e. The third-order valence-electron chi connectivity index (χ3n) is 13.5. The predicted molar refractivity (Wildman–Crippen MR) is 237 cm³/mol. The van der Waals surface area contributed by atoms with E-state index >= 15 is 0 Å². The number of hydrogen-bond acceptors (Lipinski definition) is 15. The molecule has 2 aromatic carbocycles. The van der Waals surface area contributed by atoms with E-state index in [1.165, 1.54) is 85.1 Å². The summed E-state index contributed by atoms with van der Waals surface area (Å²) < 4.78 is 23.7. The van der Waals surface area contributed by atoms with Gasteiger partial charge < -0.3 is 49.8 Å². The van der Waals surface area contributed by atoms with Gasteiger partial charge in [0, 0.05) is 93.4 Å². The van der Waals surface area contributed by atoms with Crippen LogP contribution in [-0.2, 0) is 23.8 Å². The first-order valence-corrected chi connectivity index (χ1v) is 21.9. The Bertz CT molecular complexity index is 2190. The van der Waals surface area contributed by atoms with E-state index in [4.69, 9.17) is 18.9 Å². The molecule has 9 atom stereocenters. The number of Topliss-reactive ketones (excluding diaryl/α,β-unsaturated/α-hetero) is 1. The molecule has 16 nitrogen and oxygen atoms in total. The second kappa shape index (κ2) is 19.3. The maximum atomic E-state index is 14.5. The number of fused-ring (bicyclic) bond motifs is 14. The number of carbonyl (C=O) groups is 3. The summed E-state index contributed by atoms with van der Waals surface area (Å²) in [6.07, 6.45) is 9.75. The minimum absolute atomic E-state index is 0.0631. The summed E-state index contributed by atoms with van der Waals surface area (Å²) in [5.74, 6) is -8.28. The first-order chi connectivity index (χ1) is 29.8. The molecule has 7 rings (SSSR count). The van der Waals surface area contributed by atoms with E-state index in [0.717, 1.165) is 13.1 Å². The van der Waals surface area contributed by atoms with Crippen LogP contribution in [0.3, 0.4) is 0 Å². The van der Waals surface area contributed by atoms with Crippen LogP contribution in [0.25, 0.3) is 10.8 Å². The van der Waals surface area contributed by atoms with Gasteiger partial charge in [0.2, 0.25) is 0 Å². The number of carbonyl (C=O) groups excluding carboxylic acids is 3. The standard InChI is InChI=1S/C47H64N4O12/c1-24-13-12-14-25(2)46(59)49-37-32(23-48-51-20-18-50(19-21-51)31-15-10-11-16-31)41(56)34-35(42(37)57)40(55)29(6)44-36(34)45(58)47(8,63-44)61-22-17-33(60-9)26(3)43(62-30(7)52)28(5)39(54)27(4)38(24)53/h12-14,17,22-24,26-28,31,33,38-39,43,53-57H,10-11,15-16,18-21H2,1-9H3,(H,49,59)/b13-12?,22-17-,25-14?,48-23?/t24-,26-,27+,28+,33-,38-,39+,43+,47-/m0/s1. The lowest BCUT2D eigenvalue weighted by atomic mass is 9.78. The van der Waals surface area contributed by atoms with E-state index in [2.05, 4.69) is 15.3 Å². The number of aliphatic hydroxyl groups excluding tert-OH is 2. The fourth-order valence-electron chi connectivity index (χ4n) is 9.47.